The van der Waals surface area contributed by atoms with Crippen LogP contribution in [0.1, 0.15) is 61.6 Å². The van der Waals surface area contributed by atoms with E-state index >= 15 is 0 Å². The van der Waals surface area contributed by atoms with Crippen molar-refractivity contribution in [3.8, 4) is 0 Å². The molecule has 0 saturated heterocycles. The molecule has 1 heteroatoms. The Hall–Kier alpha value is -0.820. The molecular weight excluding hydrogens is 220 g/mol. The zero-order chi connectivity index (χ0) is 12.4. The molecule has 1 N–H and O–H groups in total. The highest BCUT2D eigenvalue weighted by atomic mass is 16.3. The van der Waals surface area contributed by atoms with Gasteiger partial charge in [0.1, 0.15) is 0 Å². The lowest BCUT2D eigenvalue weighted by molar-refractivity contribution is 0.0252. The number of fused-ring (bicyclic) bond motifs is 1. The second-order valence-electron chi connectivity index (χ2n) is 6.27. The van der Waals surface area contributed by atoms with E-state index < -0.39 is 5.60 Å². The lowest BCUT2D eigenvalue weighted by atomic mass is 9.87. The summed E-state index contributed by atoms with van der Waals surface area (Å²) in [5.74, 6) is 0. The molecule has 1 aromatic rings. The number of rotatable bonds is 2. The van der Waals surface area contributed by atoms with E-state index in [0.29, 0.717) is 0 Å². The van der Waals surface area contributed by atoms with Gasteiger partial charge in [0, 0.05) is 6.42 Å². The molecule has 2 aliphatic rings. The third-order valence-corrected chi connectivity index (χ3v) is 4.73. The van der Waals surface area contributed by atoms with Crippen LogP contribution in [0.25, 0.3) is 0 Å². The van der Waals surface area contributed by atoms with E-state index in [0.717, 1.165) is 19.3 Å². The first-order valence-corrected chi connectivity index (χ1v) is 7.58. The van der Waals surface area contributed by atoms with Crippen molar-refractivity contribution in [1.29, 1.82) is 0 Å². The SMILES string of the molecule is OC1(Cc2ccc3c(c2)CCC3)CCCCCC1. The van der Waals surface area contributed by atoms with Gasteiger partial charge in [0.05, 0.1) is 5.60 Å². The first-order valence-electron chi connectivity index (χ1n) is 7.58. The fraction of sp³-hybridized carbons (Fsp3) is 0.647. The maximum Gasteiger partial charge on any atom is 0.0688 e. The van der Waals surface area contributed by atoms with Crippen LogP contribution in [0.2, 0.25) is 0 Å². The summed E-state index contributed by atoms with van der Waals surface area (Å²) in [6.45, 7) is 0. The van der Waals surface area contributed by atoms with Crippen molar-refractivity contribution in [1.82, 2.24) is 0 Å². The Balaban J connectivity index is 1.75. The van der Waals surface area contributed by atoms with Gasteiger partial charge in [0.2, 0.25) is 0 Å². The number of hydrogen-bond donors (Lipinski definition) is 1. The van der Waals surface area contributed by atoms with Gasteiger partial charge in [-0.15, -0.1) is 0 Å². The average molecular weight is 244 g/mol. The van der Waals surface area contributed by atoms with Crippen molar-refractivity contribution in [2.45, 2.75) is 69.8 Å². The van der Waals surface area contributed by atoms with Crippen LogP contribution in [0.5, 0.6) is 0 Å². The summed E-state index contributed by atoms with van der Waals surface area (Å²) >= 11 is 0. The topological polar surface area (TPSA) is 20.2 Å². The molecule has 98 valence electrons. The predicted octanol–water partition coefficient (Wildman–Crippen LogP) is 3.80. The van der Waals surface area contributed by atoms with Crippen LogP contribution in [0.15, 0.2) is 18.2 Å². The van der Waals surface area contributed by atoms with Crippen LogP contribution in [0.3, 0.4) is 0 Å². The molecule has 0 spiro atoms. The summed E-state index contributed by atoms with van der Waals surface area (Å²) in [7, 11) is 0. The van der Waals surface area contributed by atoms with Crippen LogP contribution < -0.4 is 0 Å². The van der Waals surface area contributed by atoms with Crippen LogP contribution in [-0.2, 0) is 19.3 Å². The van der Waals surface area contributed by atoms with Crippen LogP contribution in [0, 0.1) is 0 Å². The molecule has 0 atom stereocenters. The summed E-state index contributed by atoms with van der Waals surface area (Å²) < 4.78 is 0. The van der Waals surface area contributed by atoms with Crippen molar-refractivity contribution in [3.63, 3.8) is 0 Å². The zero-order valence-electron chi connectivity index (χ0n) is 11.3. The summed E-state index contributed by atoms with van der Waals surface area (Å²) in [5.41, 5.74) is 3.99. The Bertz CT molecular complexity index is 414. The second-order valence-corrected chi connectivity index (χ2v) is 6.27. The summed E-state index contributed by atoms with van der Waals surface area (Å²) in [6.07, 6.45) is 11.6. The van der Waals surface area contributed by atoms with Crippen molar-refractivity contribution in [2.75, 3.05) is 0 Å². The molecule has 0 heterocycles. The van der Waals surface area contributed by atoms with E-state index in [1.807, 2.05) is 0 Å². The zero-order valence-corrected chi connectivity index (χ0v) is 11.3. The minimum absolute atomic E-state index is 0.427. The smallest absolute Gasteiger partial charge is 0.0688 e. The van der Waals surface area contributed by atoms with Crippen LogP contribution in [0.4, 0.5) is 0 Å². The van der Waals surface area contributed by atoms with E-state index in [2.05, 4.69) is 18.2 Å². The summed E-state index contributed by atoms with van der Waals surface area (Å²) in [4.78, 5) is 0. The molecule has 18 heavy (non-hydrogen) atoms. The summed E-state index contributed by atoms with van der Waals surface area (Å²) in [6, 6.07) is 6.88. The number of benzene rings is 1. The van der Waals surface area contributed by atoms with Gasteiger partial charge in [-0.2, -0.15) is 0 Å². The average Bonchev–Trinajstić information content (AvgIpc) is 2.71. The van der Waals surface area contributed by atoms with Gasteiger partial charge >= 0.3 is 0 Å². The van der Waals surface area contributed by atoms with Gasteiger partial charge in [-0.05, 0) is 48.8 Å². The van der Waals surface area contributed by atoms with Crippen molar-refractivity contribution >= 4 is 0 Å². The highest BCUT2D eigenvalue weighted by Gasteiger charge is 2.28. The molecule has 0 aliphatic heterocycles. The third kappa shape index (κ3) is 2.61. The minimum Gasteiger partial charge on any atom is -0.390 e. The molecule has 0 bridgehead atoms. The van der Waals surface area contributed by atoms with Crippen molar-refractivity contribution in [2.24, 2.45) is 0 Å². The van der Waals surface area contributed by atoms with E-state index in [-0.39, 0.29) is 0 Å². The van der Waals surface area contributed by atoms with Gasteiger partial charge in [0.25, 0.3) is 0 Å². The highest BCUT2D eigenvalue weighted by molar-refractivity contribution is 5.35. The fourth-order valence-electron chi connectivity index (χ4n) is 3.68. The maximum atomic E-state index is 10.8. The van der Waals surface area contributed by atoms with Gasteiger partial charge in [0.15, 0.2) is 0 Å². The molecule has 1 fully saturated rings. The number of aliphatic hydroxyl groups is 1. The van der Waals surface area contributed by atoms with Crippen LogP contribution >= 0.6 is 0 Å². The summed E-state index contributed by atoms with van der Waals surface area (Å²) in [5, 5.41) is 10.8. The van der Waals surface area contributed by atoms with Gasteiger partial charge < -0.3 is 5.11 Å². The molecule has 0 aromatic heterocycles. The Morgan fingerprint density at radius 1 is 0.889 bits per heavy atom. The van der Waals surface area contributed by atoms with Gasteiger partial charge in [-0.3, -0.25) is 0 Å². The molecule has 1 aromatic carbocycles. The fourth-order valence-corrected chi connectivity index (χ4v) is 3.68. The number of hydrogen-bond acceptors (Lipinski definition) is 1. The second kappa shape index (κ2) is 5.05. The van der Waals surface area contributed by atoms with Gasteiger partial charge in [-0.1, -0.05) is 43.9 Å². The maximum absolute atomic E-state index is 10.8. The van der Waals surface area contributed by atoms with Crippen LogP contribution in [-0.4, -0.2) is 10.7 Å². The van der Waals surface area contributed by atoms with E-state index in [1.165, 1.54) is 61.6 Å². The Kier molecular flexibility index (Phi) is 3.43. The predicted molar refractivity (Wildman–Crippen MR) is 74.8 cm³/mol. The Morgan fingerprint density at radius 3 is 2.39 bits per heavy atom. The normalized spacial score (nSPS) is 22.5. The Labute approximate surface area is 110 Å². The third-order valence-electron chi connectivity index (χ3n) is 4.73. The largest absolute Gasteiger partial charge is 0.390 e. The minimum atomic E-state index is -0.427. The first kappa shape index (κ1) is 12.2. The first-order chi connectivity index (χ1) is 8.75. The number of aryl methyl sites for hydroxylation is 2. The van der Waals surface area contributed by atoms with Crippen molar-refractivity contribution in [3.05, 3.63) is 34.9 Å². The molecular formula is C17H24O. The standard InChI is InChI=1S/C17H24O/c18-17(10-3-1-2-4-11-17)13-14-8-9-15-6-5-7-16(15)12-14/h8-9,12,18H,1-7,10-11,13H2. The molecule has 0 amide bonds. The monoisotopic (exact) mass is 244 g/mol. The van der Waals surface area contributed by atoms with E-state index in [9.17, 15) is 5.11 Å². The molecule has 1 nitrogen and oxygen atoms in total. The molecule has 1 saturated carbocycles. The molecule has 0 unspecified atom stereocenters. The van der Waals surface area contributed by atoms with Gasteiger partial charge in [-0.25, -0.2) is 0 Å². The van der Waals surface area contributed by atoms with Crippen molar-refractivity contribution < 1.29 is 5.11 Å². The van der Waals surface area contributed by atoms with E-state index in [1.54, 1.807) is 0 Å². The lowest BCUT2D eigenvalue weighted by Gasteiger charge is -2.27. The highest BCUT2D eigenvalue weighted by Crippen LogP contribution is 2.31. The van der Waals surface area contributed by atoms with E-state index in [4.69, 9.17) is 0 Å². The Morgan fingerprint density at radius 2 is 1.61 bits per heavy atom. The quantitative estimate of drug-likeness (QED) is 0.784. The molecule has 2 aliphatic carbocycles. The molecule has 3 rings (SSSR count). The molecule has 0 radical (unpaired) electrons. The lowest BCUT2D eigenvalue weighted by Crippen LogP contribution is -2.30.